The molecule has 5 rings (SSSR count). The number of hydrogen-bond acceptors (Lipinski definition) is 7. The predicted molar refractivity (Wildman–Crippen MR) is 118 cm³/mol. The molecule has 0 aliphatic heterocycles. The highest BCUT2D eigenvalue weighted by molar-refractivity contribution is 5.81. The van der Waals surface area contributed by atoms with E-state index in [4.69, 9.17) is 14.5 Å². The molecule has 31 heavy (non-hydrogen) atoms. The van der Waals surface area contributed by atoms with Crippen molar-refractivity contribution in [2.75, 3.05) is 19.5 Å². The van der Waals surface area contributed by atoms with Crippen LogP contribution in [0.5, 0.6) is 11.5 Å². The van der Waals surface area contributed by atoms with Crippen LogP contribution in [0.15, 0.2) is 60.2 Å². The summed E-state index contributed by atoms with van der Waals surface area (Å²) in [5, 5.41) is 6.76. The number of methoxy groups -OCH3 is 2. The number of nitrogens with one attached hydrogen (secondary N) is 1. The van der Waals surface area contributed by atoms with Gasteiger partial charge in [0.1, 0.15) is 29.1 Å². The molecule has 4 aromatic rings. The van der Waals surface area contributed by atoms with E-state index in [0.717, 1.165) is 46.7 Å². The minimum absolute atomic E-state index is 0.245. The van der Waals surface area contributed by atoms with Crippen molar-refractivity contribution >= 4 is 17.2 Å². The molecule has 0 fully saturated rings. The standard InChI is InChI=1S/C23H21N5O3/c1-30-17-10-15(11-18(12-17)31-2)22-23(28-8-7-24-13-21(28)26-22)25-16-4-5-19-14(9-16)3-6-20(19)27-29/h4-5,7-13,20,25H,3,6H2,1-2H3. The summed E-state index contributed by atoms with van der Waals surface area (Å²) >= 11 is 0. The van der Waals surface area contributed by atoms with Gasteiger partial charge in [-0.3, -0.25) is 9.38 Å². The van der Waals surface area contributed by atoms with E-state index in [1.165, 1.54) is 0 Å². The normalized spacial score (nSPS) is 15.0. The number of rotatable bonds is 6. The van der Waals surface area contributed by atoms with Crippen LogP contribution in [0.4, 0.5) is 11.5 Å². The van der Waals surface area contributed by atoms with Crippen LogP contribution in [0.25, 0.3) is 16.9 Å². The number of ether oxygens (including phenoxy) is 2. The second kappa shape index (κ2) is 7.71. The molecule has 2 heterocycles. The van der Waals surface area contributed by atoms with Gasteiger partial charge in [-0.15, -0.1) is 0 Å². The van der Waals surface area contributed by atoms with E-state index < -0.39 is 0 Å². The smallest absolute Gasteiger partial charge is 0.157 e. The molecule has 8 heteroatoms. The third-order valence-electron chi connectivity index (χ3n) is 5.63. The van der Waals surface area contributed by atoms with Gasteiger partial charge in [0.05, 0.1) is 20.4 Å². The van der Waals surface area contributed by atoms with Gasteiger partial charge in [-0.2, -0.15) is 4.91 Å². The van der Waals surface area contributed by atoms with Crippen LogP contribution in [0.3, 0.4) is 0 Å². The number of aromatic nitrogens is 3. The fraction of sp³-hybridized carbons (Fsp3) is 0.217. The maximum atomic E-state index is 11.1. The molecule has 0 radical (unpaired) electrons. The number of nitrogens with zero attached hydrogens (tertiary/aromatic N) is 4. The molecule has 1 N–H and O–H groups in total. The van der Waals surface area contributed by atoms with Crippen LogP contribution in [-0.2, 0) is 6.42 Å². The summed E-state index contributed by atoms with van der Waals surface area (Å²) < 4.78 is 12.8. The Labute approximate surface area is 178 Å². The Morgan fingerprint density at radius 1 is 1.13 bits per heavy atom. The first kappa shape index (κ1) is 19.0. The third-order valence-corrected chi connectivity index (χ3v) is 5.63. The molecule has 8 nitrogen and oxygen atoms in total. The van der Waals surface area contributed by atoms with E-state index in [1.807, 2.05) is 40.9 Å². The molecule has 0 saturated heterocycles. The van der Waals surface area contributed by atoms with Crippen molar-refractivity contribution in [3.05, 3.63) is 71.0 Å². The third kappa shape index (κ3) is 3.35. The van der Waals surface area contributed by atoms with Gasteiger partial charge in [0, 0.05) is 29.7 Å². The number of imidazole rings is 1. The Kier molecular flexibility index (Phi) is 4.74. The Hall–Kier alpha value is -3.94. The average molecular weight is 415 g/mol. The summed E-state index contributed by atoms with van der Waals surface area (Å²) in [7, 11) is 3.24. The first-order chi connectivity index (χ1) is 15.2. The Morgan fingerprint density at radius 3 is 2.68 bits per heavy atom. The van der Waals surface area contributed by atoms with Gasteiger partial charge in [-0.1, -0.05) is 11.2 Å². The van der Waals surface area contributed by atoms with Crippen LogP contribution < -0.4 is 14.8 Å². The molecule has 156 valence electrons. The van der Waals surface area contributed by atoms with Gasteiger partial charge in [0.2, 0.25) is 0 Å². The second-order valence-corrected chi connectivity index (χ2v) is 7.41. The number of hydrogen-bond donors (Lipinski definition) is 1. The van der Waals surface area contributed by atoms with Crippen LogP contribution in [0.2, 0.25) is 0 Å². The van der Waals surface area contributed by atoms with Crippen molar-refractivity contribution < 1.29 is 9.47 Å². The van der Waals surface area contributed by atoms with Crippen molar-refractivity contribution in [2.45, 2.75) is 18.9 Å². The molecule has 1 aliphatic carbocycles. The van der Waals surface area contributed by atoms with Gasteiger partial charge < -0.3 is 14.8 Å². The molecule has 2 aromatic heterocycles. The minimum atomic E-state index is -0.245. The topological polar surface area (TPSA) is 90.1 Å². The summed E-state index contributed by atoms with van der Waals surface area (Å²) in [6.07, 6.45) is 6.91. The zero-order chi connectivity index (χ0) is 21.4. The Morgan fingerprint density at radius 2 is 1.94 bits per heavy atom. The molecule has 1 unspecified atom stereocenters. The predicted octanol–water partition coefficient (Wildman–Crippen LogP) is 4.91. The highest BCUT2D eigenvalue weighted by atomic mass is 16.5. The largest absolute Gasteiger partial charge is 0.497 e. The molecule has 2 aromatic carbocycles. The van der Waals surface area contributed by atoms with Crippen molar-refractivity contribution in [3.63, 3.8) is 0 Å². The number of fused-ring (bicyclic) bond motifs is 2. The van der Waals surface area contributed by atoms with Gasteiger partial charge in [0.15, 0.2) is 5.65 Å². The number of aryl methyl sites for hydroxylation is 1. The molecular formula is C23H21N5O3. The van der Waals surface area contributed by atoms with Crippen LogP contribution in [0, 0.1) is 4.91 Å². The maximum Gasteiger partial charge on any atom is 0.157 e. The first-order valence-electron chi connectivity index (χ1n) is 9.98. The van der Waals surface area contributed by atoms with Crippen LogP contribution in [0.1, 0.15) is 23.6 Å². The minimum Gasteiger partial charge on any atom is -0.497 e. The molecule has 0 amide bonds. The van der Waals surface area contributed by atoms with E-state index in [9.17, 15) is 4.91 Å². The first-order valence-corrected chi connectivity index (χ1v) is 9.98. The van der Waals surface area contributed by atoms with Crippen molar-refractivity contribution in [3.8, 4) is 22.8 Å². The Balaban J connectivity index is 1.62. The summed E-state index contributed by atoms with van der Waals surface area (Å²) in [4.78, 5) is 20.1. The summed E-state index contributed by atoms with van der Waals surface area (Å²) in [6, 6.07) is 11.5. The molecule has 0 bridgehead atoms. The highest BCUT2D eigenvalue weighted by Gasteiger charge is 2.24. The lowest BCUT2D eigenvalue weighted by atomic mass is 10.1. The monoisotopic (exact) mass is 415 g/mol. The van der Waals surface area contributed by atoms with Crippen molar-refractivity contribution in [1.29, 1.82) is 0 Å². The molecule has 1 aliphatic rings. The number of benzene rings is 2. The second-order valence-electron chi connectivity index (χ2n) is 7.41. The van der Waals surface area contributed by atoms with Gasteiger partial charge in [-0.05, 0) is 48.2 Å². The fourth-order valence-electron chi connectivity index (χ4n) is 4.09. The van der Waals surface area contributed by atoms with Crippen molar-refractivity contribution in [1.82, 2.24) is 14.4 Å². The van der Waals surface area contributed by atoms with Gasteiger partial charge in [-0.25, -0.2) is 4.98 Å². The van der Waals surface area contributed by atoms with Gasteiger partial charge in [0.25, 0.3) is 0 Å². The molecular weight excluding hydrogens is 394 g/mol. The lowest BCUT2D eigenvalue weighted by Crippen LogP contribution is -1.99. The fourth-order valence-corrected chi connectivity index (χ4v) is 4.09. The van der Waals surface area contributed by atoms with E-state index >= 15 is 0 Å². The zero-order valence-corrected chi connectivity index (χ0v) is 17.2. The molecule has 0 saturated carbocycles. The van der Waals surface area contributed by atoms with Crippen LogP contribution >= 0.6 is 0 Å². The summed E-state index contributed by atoms with van der Waals surface area (Å²) in [5.41, 5.74) is 5.40. The molecule has 0 spiro atoms. The Bertz CT molecular complexity index is 1260. The number of anilines is 2. The van der Waals surface area contributed by atoms with E-state index in [-0.39, 0.29) is 6.04 Å². The summed E-state index contributed by atoms with van der Waals surface area (Å²) in [5.74, 6) is 2.16. The van der Waals surface area contributed by atoms with Crippen LogP contribution in [-0.4, -0.2) is 28.6 Å². The lowest BCUT2D eigenvalue weighted by Gasteiger charge is -2.12. The average Bonchev–Trinajstić information content (AvgIpc) is 3.39. The summed E-state index contributed by atoms with van der Waals surface area (Å²) in [6.45, 7) is 0. The van der Waals surface area contributed by atoms with E-state index in [0.29, 0.717) is 17.1 Å². The zero-order valence-electron chi connectivity index (χ0n) is 17.2. The molecule has 1 atom stereocenters. The van der Waals surface area contributed by atoms with Crippen molar-refractivity contribution in [2.24, 2.45) is 5.18 Å². The van der Waals surface area contributed by atoms with Gasteiger partial charge >= 0.3 is 0 Å². The number of nitroso groups, excluding NO2 is 1. The van der Waals surface area contributed by atoms with E-state index in [1.54, 1.807) is 26.6 Å². The highest BCUT2D eigenvalue weighted by Crippen LogP contribution is 2.38. The van der Waals surface area contributed by atoms with E-state index in [2.05, 4.69) is 21.5 Å². The maximum absolute atomic E-state index is 11.1. The SMILES string of the molecule is COc1cc(OC)cc(-c2nc3cnccn3c2Nc2ccc3c(c2)CCC3N=O)c1. The quantitative estimate of drug-likeness (QED) is 0.450. The lowest BCUT2D eigenvalue weighted by molar-refractivity contribution is 0.394.